The summed E-state index contributed by atoms with van der Waals surface area (Å²) in [6.45, 7) is 3.63. The molecule has 1 spiro atoms. The van der Waals surface area contributed by atoms with E-state index in [1.54, 1.807) is 0 Å². The molecule has 1 amide bonds. The minimum atomic E-state index is -0.961. The number of nitrogens with zero attached hydrogens (tertiary/aromatic N) is 2. The first kappa shape index (κ1) is 14.0. The Morgan fingerprint density at radius 3 is 2.37 bits per heavy atom. The fourth-order valence-electron chi connectivity index (χ4n) is 3.07. The summed E-state index contributed by atoms with van der Waals surface area (Å²) in [5.41, 5.74) is -0.0332. The first-order valence-electron chi connectivity index (χ1n) is 7.10. The Morgan fingerprint density at radius 2 is 1.89 bits per heavy atom. The number of carboxylic acids is 1. The Bertz CT molecular complexity index is 407. The molecule has 0 radical (unpaired) electrons. The topological polar surface area (TPSA) is 70.0 Å². The molecule has 0 saturated heterocycles. The predicted molar refractivity (Wildman–Crippen MR) is 72.1 cm³/mol. The summed E-state index contributed by atoms with van der Waals surface area (Å²) in [5, 5.41) is 9.06. The van der Waals surface area contributed by atoms with Gasteiger partial charge in [0, 0.05) is 5.92 Å². The van der Waals surface area contributed by atoms with Gasteiger partial charge in [0.25, 0.3) is 5.91 Å². The Hall–Kier alpha value is -1.39. The minimum Gasteiger partial charge on any atom is -0.480 e. The van der Waals surface area contributed by atoms with E-state index in [1.807, 2.05) is 13.8 Å². The van der Waals surface area contributed by atoms with Crippen molar-refractivity contribution in [1.29, 1.82) is 0 Å². The van der Waals surface area contributed by atoms with Crippen molar-refractivity contribution in [2.24, 2.45) is 10.9 Å². The molecular weight excluding hydrogens is 244 g/mol. The highest BCUT2D eigenvalue weighted by atomic mass is 16.4. The van der Waals surface area contributed by atoms with E-state index in [1.165, 1.54) is 4.90 Å². The van der Waals surface area contributed by atoms with Gasteiger partial charge in [0.1, 0.15) is 17.9 Å². The maximum absolute atomic E-state index is 12.4. The molecule has 106 valence electrons. The largest absolute Gasteiger partial charge is 0.480 e. The quantitative estimate of drug-likeness (QED) is 0.850. The summed E-state index contributed by atoms with van der Waals surface area (Å²) in [4.78, 5) is 29.6. The third-order valence-electron chi connectivity index (χ3n) is 4.04. The van der Waals surface area contributed by atoms with Crippen LogP contribution in [0.5, 0.6) is 0 Å². The van der Waals surface area contributed by atoms with Crippen LogP contribution in [0.3, 0.4) is 0 Å². The van der Waals surface area contributed by atoms with Crippen LogP contribution in [0.2, 0.25) is 0 Å². The smallest absolute Gasteiger partial charge is 0.323 e. The molecular formula is C14H22N2O3. The highest BCUT2D eigenvalue weighted by molar-refractivity contribution is 6.41. The zero-order chi connectivity index (χ0) is 14.0. The maximum atomic E-state index is 12.4. The van der Waals surface area contributed by atoms with Gasteiger partial charge in [-0.2, -0.15) is 0 Å². The fourth-order valence-corrected chi connectivity index (χ4v) is 3.07. The van der Waals surface area contributed by atoms with Crippen molar-refractivity contribution >= 4 is 17.6 Å². The molecule has 1 N–H and O–H groups in total. The van der Waals surface area contributed by atoms with Crippen LogP contribution >= 0.6 is 0 Å². The summed E-state index contributed by atoms with van der Waals surface area (Å²) in [7, 11) is 0. The Labute approximate surface area is 113 Å². The van der Waals surface area contributed by atoms with Gasteiger partial charge in [-0.15, -0.1) is 0 Å². The average molecular weight is 266 g/mol. The number of amides is 1. The lowest BCUT2D eigenvalue weighted by Gasteiger charge is -2.34. The van der Waals surface area contributed by atoms with Crippen molar-refractivity contribution in [2.75, 3.05) is 6.54 Å². The van der Waals surface area contributed by atoms with Gasteiger partial charge in [-0.05, 0) is 25.7 Å². The standard InChI is InChI=1S/C14H22N2O3/c1-10(2)12-13(19)16(9-11(17)18)14(15-12)7-5-3-4-6-8-14/h10H,3-9H2,1-2H3,(H,17,18). The summed E-state index contributed by atoms with van der Waals surface area (Å²) in [6, 6.07) is 0. The Morgan fingerprint density at radius 1 is 1.32 bits per heavy atom. The van der Waals surface area contributed by atoms with Crippen LogP contribution < -0.4 is 0 Å². The van der Waals surface area contributed by atoms with E-state index in [-0.39, 0.29) is 18.4 Å². The molecule has 1 heterocycles. The van der Waals surface area contributed by atoms with Gasteiger partial charge >= 0.3 is 5.97 Å². The number of carboxylic acid groups (broad SMARTS) is 1. The van der Waals surface area contributed by atoms with E-state index in [4.69, 9.17) is 5.11 Å². The second-order valence-electron chi connectivity index (χ2n) is 5.83. The molecule has 0 unspecified atom stereocenters. The van der Waals surface area contributed by atoms with Crippen molar-refractivity contribution in [1.82, 2.24) is 4.90 Å². The first-order valence-corrected chi connectivity index (χ1v) is 7.10. The molecule has 1 saturated carbocycles. The number of rotatable bonds is 3. The Kier molecular flexibility index (Phi) is 3.92. The van der Waals surface area contributed by atoms with Crippen LogP contribution in [0.15, 0.2) is 4.99 Å². The SMILES string of the molecule is CC(C)C1=NC2(CCCCCC2)N(CC(=O)O)C1=O. The first-order chi connectivity index (χ1) is 8.96. The van der Waals surface area contributed by atoms with Crippen LogP contribution in [0.1, 0.15) is 52.4 Å². The predicted octanol–water partition coefficient (Wildman–Crippen LogP) is 2.06. The van der Waals surface area contributed by atoms with Crippen LogP contribution in [-0.4, -0.2) is 39.8 Å². The fraction of sp³-hybridized carbons (Fsp3) is 0.786. The zero-order valence-corrected chi connectivity index (χ0v) is 11.7. The highest BCUT2D eigenvalue weighted by Gasteiger charge is 2.47. The molecule has 0 aromatic heterocycles. The summed E-state index contributed by atoms with van der Waals surface area (Å²) < 4.78 is 0. The number of carbonyl (C=O) groups is 2. The van der Waals surface area contributed by atoms with E-state index in [0.717, 1.165) is 38.5 Å². The molecule has 0 aromatic carbocycles. The lowest BCUT2D eigenvalue weighted by Crippen LogP contribution is -2.49. The summed E-state index contributed by atoms with van der Waals surface area (Å²) in [5.74, 6) is -1.09. The van der Waals surface area contributed by atoms with Crippen LogP contribution in [-0.2, 0) is 9.59 Å². The number of aliphatic imine (C=N–C) groups is 1. The third-order valence-corrected chi connectivity index (χ3v) is 4.04. The van der Waals surface area contributed by atoms with Crippen molar-refractivity contribution in [2.45, 2.75) is 58.0 Å². The number of aliphatic carboxylic acids is 1. The molecule has 19 heavy (non-hydrogen) atoms. The van der Waals surface area contributed by atoms with Gasteiger partial charge < -0.3 is 10.0 Å². The van der Waals surface area contributed by atoms with E-state index in [9.17, 15) is 9.59 Å². The van der Waals surface area contributed by atoms with Crippen molar-refractivity contribution in [3.05, 3.63) is 0 Å². The Balaban J connectivity index is 2.34. The zero-order valence-electron chi connectivity index (χ0n) is 11.7. The number of carbonyl (C=O) groups excluding carboxylic acids is 1. The van der Waals surface area contributed by atoms with E-state index in [2.05, 4.69) is 4.99 Å². The second-order valence-corrected chi connectivity index (χ2v) is 5.83. The molecule has 5 heteroatoms. The van der Waals surface area contributed by atoms with Gasteiger partial charge in [0.2, 0.25) is 0 Å². The van der Waals surface area contributed by atoms with Crippen molar-refractivity contribution in [3.8, 4) is 0 Å². The highest BCUT2D eigenvalue weighted by Crippen LogP contribution is 2.38. The minimum absolute atomic E-state index is 0.0476. The van der Waals surface area contributed by atoms with Gasteiger partial charge in [-0.1, -0.05) is 26.7 Å². The van der Waals surface area contributed by atoms with E-state index < -0.39 is 11.6 Å². The maximum Gasteiger partial charge on any atom is 0.323 e. The molecule has 0 aromatic rings. The normalized spacial score (nSPS) is 22.8. The van der Waals surface area contributed by atoms with Crippen molar-refractivity contribution in [3.63, 3.8) is 0 Å². The van der Waals surface area contributed by atoms with Gasteiger partial charge in [0.15, 0.2) is 0 Å². The molecule has 1 aliphatic carbocycles. The lowest BCUT2D eigenvalue weighted by molar-refractivity contribution is -0.145. The third kappa shape index (κ3) is 2.65. The van der Waals surface area contributed by atoms with Crippen LogP contribution in [0.25, 0.3) is 0 Å². The lowest BCUT2D eigenvalue weighted by atomic mass is 10.00. The number of hydrogen-bond donors (Lipinski definition) is 1. The molecule has 0 bridgehead atoms. The van der Waals surface area contributed by atoms with E-state index >= 15 is 0 Å². The van der Waals surface area contributed by atoms with Gasteiger partial charge in [0.05, 0.1) is 0 Å². The second kappa shape index (κ2) is 5.31. The van der Waals surface area contributed by atoms with Crippen LogP contribution in [0.4, 0.5) is 0 Å². The molecule has 1 aliphatic heterocycles. The monoisotopic (exact) mass is 266 g/mol. The molecule has 2 rings (SSSR count). The molecule has 5 nitrogen and oxygen atoms in total. The molecule has 0 atom stereocenters. The number of hydrogen-bond acceptors (Lipinski definition) is 3. The van der Waals surface area contributed by atoms with Crippen LogP contribution in [0, 0.1) is 5.92 Å². The summed E-state index contributed by atoms with van der Waals surface area (Å²) in [6.07, 6.45) is 5.90. The summed E-state index contributed by atoms with van der Waals surface area (Å²) >= 11 is 0. The average Bonchev–Trinajstić information content (AvgIpc) is 2.53. The van der Waals surface area contributed by atoms with Crippen molar-refractivity contribution < 1.29 is 14.7 Å². The molecule has 1 fully saturated rings. The molecule has 2 aliphatic rings. The van der Waals surface area contributed by atoms with Gasteiger partial charge in [-0.3, -0.25) is 14.6 Å². The van der Waals surface area contributed by atoms with E-state index in [0.29, 0.717) is 5.71 Å². The van der Waals surface area contributed by atoms with Gasteiger partial charge in [-0.25, -0.2) is 0 Å².